The molecule has 1 fully saturated rings. The van der Waals surface area contributed by atoms with Crippen molar-refractivity contribution in [3.63, 3.8) is 0 Å². The zero-order valence-electron chi connectivity index (χ0n) is 14.2. The molecule has 0 bridgehead atoms. The zero-order valence-corrected chi connectivity index (χ0v) is 14.2. The molecule has 0 aromatic heterocycles. The molecule has 0 spiro atoms. The molecule has 2 aromatic carbocycles. The molecule has 0 saturated carbocycles. The number of carbonyl (C=O) groups excluding carboxylic acids is 1. The standard InChI is InChI=1S/C20H23FN2O/c1-22(2)19-12-4-3-10-17(19)20(24)23-13-6-5-11-18(23)15-8-7-9-16(21)14-15/h3-4,7-10,12,14,18H,5-6,11,13H2,1-2H3. The average molecular weight is 326 g/mol. The van der Waals surface area contributed by atoms with Crippen LogP contribution in [0.1, 0.15) is 41.2 Å². The van der Waals surface area contributed by atoms with Gasteiger partial charge in [0.05, 0.1) is 11.6 Å². The molecule has 2 aromatic rings. The first-order valence-electron chi connectivity index (χ1n) is 8.40. The van der Waals surface area contributed by atoms with E-state index in [4.69, 9.17) is 0 Å². The van der Waals surface area contributed by atoms with Gasteiger partial charge >= 0.3 is 0 Å². The van der Waals surface area contributed by atoms with Gasteiger partial charge in [-0.2, -0.15) is 0 Å². The van der Waals surface area contributed by atoms with Crippen molar-refractivity contribution < 1.29 is 9.18 Å². The summed E-state index contributed by atoms with van der Waals surface area (Å²) in [5.74, 6) is -0.229. The number of nitrogens with zero attached hydrogens (tertiary/aromatic N) is 2. The predicted molar refractivity (Wildman–Crippen MR) is 94.8 cm³/mol. The fourth-order valence-electron chi connectivity index (χ4n) is 3.43. The number of para-hydroxylation sites is 1. The quantitative estimate of drug-likeness (QED) is 0.841. The fraction of sp³-hybridized carbons (Fsp3) is 0.350. The Morgan fingerprint density at radius 2 is 1.92 bits per heavy atom. The molecule has 4 heteroatoms. The van der Waals surface area contributed by atoms with E-state index >= 15 is 0 Å². The first-order valence-corrected chi connectivity index (χ1v) is 8.40. The molecule has 1 amide bonds. The molecule has 24 heavy (non-hydrogen) atoms. The summed E-state index contributed by atoms with van der Waals surface area (Å²) >= 11 is 0. The first kappa shape index (κ1) is 16.5. The second-order valence-electron chi connectivity index (χ2n) is 6.48. The lowest BCUT2D eigenvalue weighted by Crippen LogP contribution is -2.39. The zero-order chi connectivity index (χ0) is 17.1. The molecule has 0 aliphatic carbocycles. The lowest BCUT2D eigenvalue weighted by Gasteiger charge is -2.37. The Balaban J connectivity index is 1.95. The molecule has 1 saturated heterocycles. The maximum atomic E-state index is 13.6. The van der Waals surface area contributed by atoms with Gasteiger partial charge in [-0.25, -0.2) is 4.39 Å². The summed E-state index contributed by atoms with van der Waals surface area (Å²) in [4.78, 5) is 17.1. The van der Waals surface area contributed by atoms with Crippen LogP contribution >= 0.6 is 0 Å². The predicted octanol–water partition coefficient (Wildman–Crippen LogP) is 4.26. The topological polar surface area (TPSA) is 23.6 Å². The normalized spacial score (nSPS) is 17.6. The van der Waals surface area contributed by atoms with E-state index in [0.717, 1.165) is 30.5 Å². The van der Waals surface area contributed by atoms with E-state index in [1.807, 2.05) is 54.2 Å². The summed E-state index contributed by atoms with van der Waals surface area (Å²) in [6.45, 7) is 0.710. The third kappa shape index (κ3) is 3.28. The van der Waals surface area contributed by atoms with Crippen molar-refractivity contribution in [2.75, 3.05) is 25.5 Å². The molecule has 1 unspecified atom stereocenters. The Bertz CT molecular complexity index is 729. The monoisotopic (exact) mass is 326 g/mol. The minimum absolute atomic E-state index is 0.0215. The molecular formula is C20H23FN2O. The molecule has 3 rings (SSSR count). The second-order valence-corrected chi connectivity index (χ2v) is 6.48. The molecule has 1 aliphatic heterocycles. The number of halogens is 1. The highest BCUT2D eigenvalue weighted by Gasteiger charge is 2.30. The molecule has 1 heterocycles. The third-order valence-electron chi connectivity index (χ3n) is 4.61. The molecule has 1 atom stereocenters. The van der Waals surface area contributed by atoms with Crippen LogP contribution in [0, 0.1) is 5.82 Å². The Labute approximate surface area is 142 Å². The highest BCUT2D eigenvalue weighted by Crippen LogP contribution is 2.33. The Hall–Kier alpha value is -2.36. The molecule has 3 nitrogen and oxygen atoms in total. The van der Waals surface area contributed by atoms with Gasteiger partial charge in [-0.1, -0.05) is 24.3 Å². The van der Waals surface area contributed by atoms with Crippen molar-refractivity contribution in [3.05, 3.63) is 65.5 Å². The van der Waals surface area contributed by atoms with Crippen LogP contribution in [0.2, 0.25) is 0 Å². The summed E-state index contributed by atoms with van der Waals surface area (Å²) in [6.07, 6.45) is 2.92. The van der Waals surface area contributed by atoms with Gasteiger partial charge in [0.15, 0.2) is 0 Å². The van der Waals surface area contributed by atoms with Crippen molar-refractivity contribution in [2.24, 2.45) is 0 Å². The van der Waals surface area contributed by atoms with Crippen molar-refractivity contribution in [2.45, 2.75) is 25.3 Å². The van der Waals surface area contributed by atoms with Crippen LogP contribution in [0.25, 0.3) is 0 Å². The smallest absolute Gasteiger partial charge is 0.256 e. The number of rotatable bonds is 3. The summed E-state index contributed by atoms with van der Waals surface area (Å²) < 4.78 is 13.6. The van der Waals surface area contributed by atoms with Gasteiger partial charge in [-0.3, -0.25) is 4.79 Å². The van der Waals surface area contributed by atoms with E-state index in [-0.39, 0.29) is 17.8 Å². The summed E-state index contributed by atoms with van der Waals surface area (Å²) in [6, 6.07) is 14.2. The Morgan fingerprint density at radius 3 is 2.67 bits per heavy atom. The van der Waals surface area contributed by atoms with Gasteiger partial charge in [0, 0.05) is 26.3 Å². The van der Waals surface area contributed by atoms with Gasteiger partial charge < -0.3 is 9.80 Å². The van der Waals surface area contributed by atoms with Crippen LogP contribution in [0.3, 0.4) is 0 Å². The largest absolute Gasteiger partial charge is 0.377 e. The van der Waals surface area contributed by atoms with Crippen molar-refractivity contribution in [1.29, 1.82) is 0 Å². The van der Waals surface area contributed by atoms with E-state index in [2.05, 4.69) is 0 Å². The van der Waals surface area contributed by atoms with Crippen LogP contribution in [0.4, 0.5) is 10.1 Å². The van der Waals surface area contributed by atoms with Crippen LogP contribution < -0.4 is 4.90 Å². The van der Waals surface area contributed by atoms with Crippen LogP contribution in [-0.4, -0.2) is 31.4 Å². The van der Waals surface area contributed by atoms with E-state index < -0.39 is 0 Å². The highest BCUT2D eigenvalue weighted by molar-refractivity contribution is 6.00. The minimum Gasteiger partial charge on any atom is -0.377 e. The first-order chi connectivity index (χ1) is 11.6. The van der Waals surface area contributed by atoms with Crippen LogP contribution in [-0.2, 0) is 0 Å². The minimum atomic E-state index is -0.251. The van der Waals surface area contributed by atoms with Crippen LogP contribution in [0.5, 0.6) is 0 Å². The maximum absolute atomic E-state index is 13.6. The fourth-order valence-corrected chi connectivity index (χ4v) is 3.43. The summed E-state index contributed by atoms with van der Waals surface area (Å²) in [7, 11) is 3.87. The molecular weight excluding hydrogens is 303 g/mol. The van der Waals surface area contributed by atoms with E-state index in [0.29, 0.717) is 12.1 Å². The number of carbonyl (C=O) groups is 1. The van der Waals surface area contributed by atoms with E-state index in [9.17, 15) is 9.18 Å². The van der Waals surface area contributed by atoms with Gasteiger partial charge in [-0.05, 0) is 49.1 Å². The van der Waals surface area contributed by atoms with E-state index in [1.165, 1.54) is 6.07 Å². The average Bonchev–Trinajstić information content (AvgIpc) is 2.61. The van der Waals surface area contributed by atoms with Crippen molar-refractivity contribution in [3.8, 4) is 0 Å². The third-order valence-corrected chi connectivity index (χ3v) is 4.61. The number of hydrogen-bond acceptors (Lipinski definition) is 2. The number of benzene rings is 2. The van der Waals surface area contributed by atoms with Gasteiger partial charge in [-0.15, -0.1) is 0 Å². The number of hydrogen-bond donors (Lipinski definition) is 0. The number of anilines is 1. The molecule has 1 aliphatic rings. The van der Waals surface area contributed by atoms with Crippen molar-refractivity contribution in [1.82, 2.24) is 4.90 Å². The van der Waals surface area contributed by atoms with Gasteiger partial charge in [0.1, 0.15) is 5.82 Å². The number of amides is 1. The maximum Gasteiger partial charge on any atom is 0.256 e. The lowest BCUT2D eigenvalue weighted by atomic mass is 9.94. The summed E-state index contributed by atoms with van der Waals surface area (Å²) in [5.41, 5.74) is 2.49. The van der Waals surface area contributed by atoms with Crippen LogP contribution in [0.15, 0.2) is 48.5 Å². The molecule has 126 valence electrons. The second kappa shape index (κ2) is 7.04. The SMILES string of the molecule is CN(C)c1ccccc1C(=O)N1CCCCC1c1cccc(F)c1. The summed E-state index contributed by atoms with van der Waals surface area (Å²) in [5, 5.41) is 0. The number of piperidine rings is 1. The number of likely N-dealkylation sites (tertiary alicyclic amines) is 1. The van der Waals surface area contributed by atoms with Gasteiger partial charge in [0.25, 0.3) is 5.91 Å². The van der Waals surface area contributed by atoms with Crippen molar-refractivity contribution >= 4 is 11.6 Å². The van der Waals surface area contributed by atoms with E-state index in [1.54, 1.807) is 12.1 Å². The lowest BCUT2D eigenvalue weighted by molar-refractivity contribution is 0.0612. The molecule has 0 N–H and O–H groups in total. The Kier molecular flexibility index (Phi) is 4.84. The van der Waals surface area contributed by atoms with Gasteiger partial charge in [0.2, 0.25) is 0 Å². The Morgan fingerprint density at radius 1 is 1.12 bits per heavy atom. The highest BCUT2D eigenvalue weighted by atomic mass is 19.1. The molecule has 0 radical (unpaired) electrons.